The van der Waals surface area contributed by atoms with E-state index in [4.69, 9.17) is 6.35 Å². The van der Waals surface area contributed by atoms with Crippen LogP contribution in [-0.2, 0) is 20.1 Å². The Hall–Kier alpha value is -5.43. The van der Waals surface area contributed by atoms with E-state index in [1.54, 1.807) is 0 Å². The summed E-state index contributed by atoms with van der Waals surface area (Å²) < 4.78 is 14.7. The zero-order chi connectivity index (χ0) is 46.3. The normalized spacial score (nSPS) is 12.1. The molecule has 0 aliphatic heterocycles. The first-order chi connectivity index (χ1) is 31.7. The molecule has 0 aliphatic rings. The quantitative estimate of drug-likeness (QED) is 0.107. The first kappa shape index (κ1) is 45.7. The summed E-state index contributed by atoms with van der Waals surface area (Å²) in [5.41, 5.74) is 15.0. The Morgan fingerprint density at radius 1 is 0.606 bits per heavy atom. The molecule has 1 radical (unpaired) electrons. The molecule has 3 heterocycles. The third-order valence-corrected chi connectivity index (χ3v) is 17.8. The minimum atomic E-state index is -2.03. The summed E-state index contributed by atoms with van der Waals surface area (Å²) in [6.07, 6.45) is 2.00. The summed E-state index contributed by atoms with van der Waals surface area (Å²) in [4.78, 5) is 9.94. The predicted octanol–water partition coefficient (Wildman–Crippen LogP) is 16.7. The number of nitrogens with zero attached hydrogens (tertiary/aromatic N) is 3. The number of hydrogen-bond acceptors (Lipinski definition) is 3. The first-order valence-corrected chi connectivity index (χ1v) is 31.0. The van der Waals surface area contributed by atoms with Gasteiger partial charge in [0, 0.05) is 30.5 Å². The van der Waals surface area contributed by atoms with Crippen LogP contribution in [0.4, 0.5) is 0 Å². The van der Waals surface area contributed by atoms with Crippen LogP contribution < -0.4 is 4.40 Å². The maximum absolute atomic E-state index is 8.44. The number of hydrogen-bond donors (Lipinski definition) is 0. The van der Waals surface area contributed by atoms with Crippen LogP contribution in [-0.4, -0.2) is 27.8 Å². The van der Waals surface area contributed by atoms with Gasteiger partial charge in [0.2, 0.25) is 0 Å². The Morgan fingerprint density at radius 3 is 1.94 bits per heavy atom. The van der Waals surface area contributed by atoms with E-state index in [1.807, 2.05) is 55.6 Å². The van der Waals surface area contributed by atoms with Crippen LogP contribution in [0.5, 0.6) is 0 Å². The Balaban J connectivity index is 0.000000244. The third-order valence-electron chi connectivity index (χ3n) is 12.3. The van der Waals surface area contributed by atoms with Crippen molar-refractivity contribution >= 4 is 60.2 Å². The fourth-order valence-corrected chi connectivity index (χ4v) is 13.4. The molecule has 3 aromatic heterocycles. The number of aromatic nitrogens is 3. The largest absolute Gasteiger partial charge is 0 e. The van der Waals surface area contributed by atoms with Crippen molar-refractivity contribution in [2.75, 3.05) is 0 Å². The summed E-state index contributed by atoms with van der Waals surface area (Å²) in [7, 11) is 0. The molecule has 0 N–H and O–H groups in total. The average Bonchev–Trinajstić information content (AvgIpc) is 3.90. The minimum Gasteiger partial charge on any atom is 0 e. The second-order valence-electron chi connectivity index (χ2n) is 18.9. The second kappa shape index (κ2) is 19.8. The molecule has 3 nitrogen and oxygen atoms in total. The summed E-state index contributed by atoms with van der Waals surface area (Å²) in [6, 6.07) is 62.8. The van der Waals surface area contributed by atoms with Crippen LogP contribution in [0.25, 0.3) is 81.8 Å². The molecule has 6 heteroatoms. The fourth-order valence-electron chi connectivity index (χ4n) is 8.95. The standard InChI is InChI=1S/C43H35N2S.C17H22GeN.Ir/c1-27(2)33-17-11-18-34(28(3)4)41(33)45-39-22-9-8-21-38(39)44-43(45)36-20-12-19-35-37-26-32(23-24-40(37)46-42(35)36)31-16-10-15-30(25-31)29-13-6-5-7-14-29;1-13(2)15-11-17(14-9-7-6-8-10-14)19-12-16(15)18(3,4)5;/h5-19,21-28H,1-4H3;6-9,11-13H,1-5H3;/q2*-1;/i;13D;. The monoisotopic (exact) mass is 1120 g/mol. The number of rotatable bonds is 9. The molecule has 0 unspecified atom stereocenters. The van der Waals surface area contributed by atoms with Gasteiger partial charge in [-0.3, -0.25) is 4.98 Å². The number of imidazole rings is 1. The molecule has 66 heavy (non-hydrogen) atoms. The van der Waals surface area contributed by atoms with Gasteiger partial charge in [0.15, 0.2) is 0 Å². The van der Waals surface area contributed by atoms with E-state index < -0.39 is 19.2 Å². The van der Waals surface area contributed by atoms with E-state index in [0.29, 0.717) is 11.8 Å². The molecule has 7 aromatic carbocycles. The van der Waals surface area contributed by atoms with Gasteiger partial charge in [0.1, 0.15) is 0 Å². The minimum absolute atomic E-state index is 0. The molecule has 0 spiro atoms. The smallest absolute Gasteiger partial charge is 0 e. The van der Waals surface area contributed by atoms with Gasteiger partial charge in [0.25, 0.3) is 0 Å². The van der Waals surface area contributed by atoms with E-state index >= 15 is 0 Å². The molecule has 0 amide bonds. The Labute approximate surface area is 413 Å². The van der Waals surface area contributed by atoms with Crippen molar-refractivity contribution in [1.82, 2.24) is 14.5 Å². The Kier molecular flexibility index (Phi) is 13.7. The number of benzene rings is 7. The zero-order valence-electron chi connectivity index (χ0n) is 40.3. The molecular weight excluding hydrogens is 1060 g/mol. The molecular formula is C60H57GeIrN3S-2. The molecule has 0 saturated carbocycles. The van der Waals surface area contributed by atoms with E-state index in [1.165, 1.54) is 63.6 Å². The van der Waals surface area contributed by atoms with Crippen LogP contribution in [0.1, 0.15) is 77.3 Å². The molecule has 333 valence electrons. The van der Waals surface area contributed by atoms with Crippen molar-refractivity contribution in [3.05, 3.63) is 193 Å². The van der Waals surface area contributed by atoms with Crippen molar-refractivity contribution in [3.8, 4) is 50.6 Å². The van der Waals surface area contributed by atoms with Crippen LogP contribution in [0.2, 0.25) is 17.3 Å². The Bertz CT molecular complexity index is 3310. The number of thiophene rings is 1. The second-order valence-corrected chi connectivity index (χ2v) is 30.5. The summed E-state index contributed by atoms with van der Waals surface area (Å²) in [6.45, 7) is 13.1. The van der Waals surface area contributed by atoms with Crippen LogP contribution in [0, 0.1) is 12.1 Å². The summed E-state index contributed by atoms with van der Waals surface area (Å²) >= 11 is -0.188. The number of fused-ring (bicyclic) bond motifs is 4. The molecule has 0 bridgehead atoms. The maximum atomic E-state index is 8.44. The summed E-state index contributed by atoms with van der Waals surface area (Å²) in [5.74, 6) is 8.13. The molecule has 10 rings (SSSR count). The van der Waals surface area contributed by atoms with E-state index in [-0.39, 0.29) is 20.1 Å². The van der Waals surface area contributed by atoms with Gasteiger partial charge < -0.3 is 4.57 Å². The topological polar surface area (TPSA) is 30.7 Å². The van der Waals surface area contributed by atoms with Crippen molar-refractivity contribution in [2.24, 2.45) is 0 Å². The van der Waals surface area contributed by atoms with Crippen LogP contribution >= 0.6 is 11.3 Å². The van der Waals surface area contributed by atoms with Gasteiger partial charge in [-0.2, -0.15) is 11.3 Å². The predicted molar refractivity (Wildman–Crippen MR) is 283 cm³/mol. The third kappa shape index (κ3) is 9.42. The molecule has 0 atom stereocenters. The first-order valence-electron chi connectivity index (χ1n) is 23.3. The summed E-state index contributed by atoms with van der Waals surface area (Å²) in [5, 5.41) is 2.51. The Morgan fingerprint density at radius 2 is 1.26 bits per heavy atom. The maximum Gasteiger partial charge on any atom is 0 e. The number of para-hydroxylation sites is 3. The van der Waals surface area contributed by atoms with E-state index in [0.717, 1.165) is 39.2 Å². The molecule has 0 saturated heterocycles. The van der Waals surface area contributed by atoms with Gasteiger partial charge >= 0.3 is 120 Å². The van der Waals surface area contributed by atoms with E-state index in [2.05, 4.69) is 200 Å². The van der Waals surface area contributed by atoms with Crippen LogP contribution in [0.15, 0.2) is 164 Å². The van der Waals surface area contributed by atoms with E-state index in [9.17, 15) is 0 Å². The van der Waals surface area contributed by atoms with Crippen LogP contribution in [0.3, 0.4) is 0 Å². The van der Waals surface area contributed by atoms with Crippen molar-refractivity contribution in [2.45, 2.75) is 76.5 Å². The zero-order valence-corrected chi connectivity index (χ0v) is 44.6. The van der Waals surface area contributed by atoms with Gasteiger partial charge in [-0.25, -0.2) is 0 Å². The molecule has 10 aromatic rings. The fraction of sp³-hybridized carbons (Fsp3) is 0.200. The van der Waals surface area contributed by atoms with Gasteiger partial charge in [-0.1, -0.05) is 124 Å². The van der Waals surface area contributed by atoms with Crippen molar-refractivity contribution in [3.63, 3.8) is 0 Å². The van der Waals surface area contributed by atoms with Gasteiger partial charge in [-0.15, -0.1) is 18.2 Å². The van der Waals surface area contributed by atoms with Crippen molar-refractivity contribution in [1.29, 1.82) is 0 Å². The van der Waals surface area contributed by atoms with Gasteiger partial charge in [-0.05, 0) is 85.6 Å². The molecule has 0 fully saturated rings. The SMILES string of the molecule is CC(C)c1cccc(C(C)C)c1-n1c(-c2[c-]ccc3c2sc2ccc(-c4cccc(-c5ccccc5)c4)cc23)nc2ccccc21.[2H]C(C)(C)c1cc(-c2[c-]cccc2)nc[c]1[Ge]([CH3])([CH3])[CH3].[Ir]. The van der Waals surface area contributed by atoms with Crippen molar-refractivity contribution < 1.29 is 21.5 Å². The molecule has 0 aliphatic carbocycles. The van der Waals surface area contributed by atoms with Gasteiger partial charge in [0.05, 0.1) is 16.9 Å². The average molecular weight is 1120 g/mol. The number of pyridine rings is 1.